The number of hydrogen-bond acceptors (Lipinski definition) is 1. The molecule has 5 heteroatoms. The number of allylic oxidation sites excluding steroid dienone is 1. The molecule has 0 spiro atoms. The predicted octanol–water partition coefficient (Wildman–Crippen LogP) is -1.56. The number of halogens is 2. The fraction of sp³-hybridized carbons (Fsp3) is 0.579. The summed E-state index contributed by atoms with van der Waals surface area (Å²) in [5.41, 5.74) is 11.3. The van der Waals surface area contributed by atoms with Crippen molar-refractivity contribution in [2.24, 2.45) is 0 Å². The van der Waals surface area contributed by atoms with Crippen molar-refractivity contribution < 1.29 is 46.5 Å². The molecule has 0 saturated heterocycles. The van der Waals surface area contributed by atoms with Gasteiger partial charge in [-0.25, -0.2) is 0 Å². The van der Waals surface area contributed by atoms with Crippen molar-refractivity contribution in [1.29, 1.82) is 0 Å². The van der Waals surface area contributed by atoms with E-state index in [0.717, 1.165) is 0 Å². The van der Waals surface area contributed by atoms with Crippen LogP contribution in [0.25, 0.3) is 5.57 Å². The average molecular weight is 417 g/mol. The predicted molar refractivity (Wildman–Crippen MR) is 94.0 cm³/mol. The first-order chi connectivity index (χ1) is 9.42. The minimum absolute atomic E-state index is 0. The smallest absolute Gasteiger partial charge is 1.00 e. The average Bonchev–Trinajstić information content (AvgIpc) is 2.53. The van der Waals surface area contributed by atoms with Crippen LogP contribution in [0, 0.1) is 27.7 Å². The van der Waals surface area contributed by atoms with E-state index < -0.39 is 0 Å². The molecule has 0 fully saturated rings. The van der Waals surface area contributed by atoms with Gasteiger partial charge < -0.3 is 30.1 Å². The minimum atomic E-state index is -0.259. The van der Waals surface area contributed by atoms with E-state index in [-0.39, 0.29) is 57.2 Å². The van der Waals surface area contributed by atoms with Crippen LogP contribution in [0.5, 0.6) is 0 Å². The number of hydrogen-bond donors (Lipinski definition) is 1. The summed E-state index contributed by atoms with van der Waals surface area (Å²) in [6.07, 6.45) is 0. The van der Waals surface area contributed by atoms with Crippen LogP contribution in [-0.4, -0.2) is 15.8 Å². The van der Waals surface area contributed by atoms with E-state index in [9.17, 15) is 0 Å². The van der Waals surface area contributed by atoms with Gasteiger partial charge in [-0.05, 0) is 107 Å². The van der Waals surface area contributed by atoms with Gasteiger partial charge in [0.1, 0.15) is 0 Å². The molecule has 0 saturated carbocycles. The number of fused-ring (bicyclic) bond motifs is 1. The first-order valence-electron chi connectivity index (χ1n) is 7.75. The topological polar surface area (TPSA) is 12.0 Å². The van der Waals surface area contributed by atoms with Gasteiger partial charge in [0.15, 0.2) is 0 Å². The van der Waals surface area contributed by atoms with Gasteiger partial charge >= 0.3 is 21.7 Å². The Morgan fingerprint density at radius 3 is 1.62 bits per heavy atom. The van der Waals surface area contributed by atoms with Gasteiger partial charge in [0, 0.05) is 10.7 Å². The van der Waals surface area contributed by atoms with Crippen LogP contribution < -0.4 is 30.1 Å². The van der Waals surface area contributed by atoms with Crippen LogP contribution in [0.15, 0.2) is 5.57 Å². The number of nitrogens with one attached hydrogen (secondary N) is 1. The Labute approximate surface area is 179 Å². The van der Waals surface area contributed by atoms with Crippen molar-refractivity contribution >= 4 is 15.8 Å². The summed E-state index contributed by atoms with van der Waals surface area (Å²) < 4.78 is 0. The van der Waals surface area contributed by atoms with Gasteiger partial charge in [0.25, 0.3) is 0 Å². The van der Waals surface area contributed by atoms with Crippen LogP contribution in [0.2, 0.25) is 0 Å². The van der Waals surface area contributed by atoms with Crippen molar-refractivity contribution in [2.75, 3.05) is 0 Å². The van der Waals surface area contributed by atoms with E-state index in [1.807, 2.05) is 0 Å². The summed E-state index contributed by atoms with van der Waals surface area (Å²) in [6.45, 7) is 20.1. The van der Waals surface area contributed by atoms with Gasteiger partial charge in [-0.1, -0.05) is 0 Å². The molecule has 0 heterocycles. The minimum Gasteiger partial charge on any atom is -1.00 e. The van der Waals surface area contributed by atoms with Crippen molar-refractivity contribution in [3.63, 3.8) is 0 Å². The molecule has 1 unspecified atom stereocenters. The Morgan fingerprint density at radius 1 is 0.792 bits per heavy atom. The first kappa shape index (κ1) is 26.7. The van der Waals surface area contributed by atoms with Crippen LogP contribution in [0.1, 0.15) is 68.0 Å². The molecule has 0 amide bonds. The van der Waals surface area contributed by atoms with E-state index in [1.54, 1.807) is 0 Å². The Kier molecular flexibility index (Phi) is 9.35. The largest absolute Gasteiger partial charge is 2.00 e. The maximum atomic E-state index is 4.12. The van der Waals surface area contributed by atoms with Crippen molar-refractivity contribution in [3.05, 3.63) is 39.0 Å². The van der Waals surface area contributed by atoms with Gasteiger partial charge in [-0.2, -0.15) is 0 Å². The molecule has 1 atom stereocenters. The summed E-state index contributed by atoms with van der Waals surface area (Å²) in [7, 11) is 4.12. The molecule has 1 nitrogen and oxygen atoms in total. The molecular weight excluding hydrogens is 389 g/mol. The molecule has 24 heavy (non-hydrogen) atoms. The third-order valence-electron chi connectivity index (χ3n) is 5.12. The number of benzene rings is 1. The standard InChI is InChI=1S/C19H28NSi.2ClH.Ti/c1-10-11(2)13(4)17-16(12(10)3)14(5)15(6)19(17,21)20-18(7,8)9;;;/h20H,1-9H3;2*1H;/q;;;+2/p-2. The van der Waals surface area contributed by atoms with E-state index >= 15 is 0 Å². The summed E-state index contributed by atoms with van der Waals surface area (Å²) in [4.78, 5) is 0. The Bertz CT molecular complexity index is 663. The molecule has 1 aromatic carbocycles. The molecule has 2 rings (SSSR count). The van der Waals surface area contributed by atoms with Crippen molar-refractivity contribution in [1.82, 2.24) is 5.32 Å². The second kappa shape index (κ2) is 8.41. The van der Waals surface area contributed by atoms with Gasteiger partial charge in [0.05, 0.1) is 10.2 Å². The van der Waals surface area contributed by atoms with Crippen LogP contribution in [0.3, 0.4) is 0 Å². The normalized spacial score (nSPS) is 19.2. The molecule has 0 bridgehead atoms. The monoisotopic (exact) mass is 416 g/mol. The third-order valence-corrected chi connectivity index (χ3v) is 5.88. The Hall–Kier alpha value is 0.431. The molecule has 131 valence electrons. The van der Waals surface area contributed by atoms with Crippen molar-refractivity contribution in [3.8, 4) is 0 Å². The zero-order chi connectivity index (χ0) is 16.3. The molecule has 1 N–H and O–H groups in total. The molecule has 1 aromatic rings. The van der Waals surface area contributed by atoms with E-state index in [4.69, 9.17) is 0 Å². The SMILES string of the molecule is CC1=C(C)C([Si])(NC(C)(C)C)c2c(C)c(C)c(C)c(C)c21.[Cl-].[Cl-].[Ti+2]. The molecule has 3 radical (unpaired) electrons. The van der Waals surface area contributed by atoms with Gasteiger partial charge in [-0.15, -0.1) is 0 Å². The molecule has 0 aromatic heterocycles. The second-order valence-corrected chi connectivity index (χ2v) is 8.38. The van der Waals surface area contributed by atoms with Crippen molar-refractivity contribution in [2.45, 2.75) is 73.0 Å². The van der Waals surface area contributed by atoms with Crippen LogP contribution >= 0.6 is 0 Å². The molecule has 1 aliphatic carbocycles. The van der Waals surface area contributed by atoms with E-state index in [0.29, 0.717) is 0 Å². The Balaban J connectivity index is 0. The number of rotatable bonds is 1. The van der Waals surface area contributed by atoms with Crippen LogP contribution in [0.4, 0.5) is 0 Å². The summed E-state index contributed by atoms with van der Waals surface area (Å²) in [6, 6.07) is 0. The first-order valence-corrected chi connectivity index (χ1v) is 8.25. The molecular formula is C19H28Cl2NSiTi. The summed E-state index contributed by atoms with van der Waals surface area (Å²) in [5, 5.41) is 3.54. The van der Waals surface area contributed by atoms with E-state index in [2.05, 4.69) is 77.9 Å². The summed E-state index contributed by atoms with van der Waals surface area (Å²) >= 11 is 0. The third kappa shape index (κ3) is 4.05. The van der Waals surface area contributed by atoms with Crippen LogP contribution in [-0.2, 0) is 26.9 Å². The second-order valence-electron chi connectivity index (χ2n) is 7.62. The maximum Gasteiger partial charge on any atom is 2.00 e. The Morgan fingerprint density at radius 2 is 1.21 bits per heavy atom. The van der Waals surface area contributed by atoms with E-state index in [1.165, 1.54) is 44.5 Å². The molecule has 0 aliphatic heterocycles. The summed E-state index contributed by atoms with van der Waals surface area (Å²) in [5.74, 6) is 0. The zero-order valence-electron chi connectivity index (χ0n) is 16.3. The fourth-order valence-electron chi connectivity index (χ4n) is 3.62. The quantitative estimate of drug-likeness (QED) is 0.546. The maximum absolute atomic E-state index is 4.12. The van der Waals surface area contributed by atoms with Gasteiger partial charge in [-0.3, -0.25) is 0 Å². The molecule has 1 aliphatic rings. The fourth-order valence-corrected chi connectivity index (χ4v) is 4.50. The zero-order valence-corrected chi connectivity index (χ0v) is 20.3. The van der Waals surface area contributed by atoms with Gasteiger partial charge in [0.2, 0.25) is 0 Å².